The Bertz CT molecular complexity index is 257. The van der Waals surface area contributed by atoms with E-state index in [1.54, 1.807) is 6.92 Å². The summed E-state index contributed by atoms with van der Waals surface area (Å²) >= 11 is 0. The number of nitrogens with zero attached hydrogens (tertiary/aromatic N) is 1. The second-order valence-electron chi connectivity index (χ2n) is 3.73. The molecule has 0 aliphatic carbocycles. The van der Waals surface area contributed by atoms with Crippen LogP contribution in [0.15, 0.2) is 0 Å². The number of hydrogen-bond acceptors (Lipinski definition) is 3. The molecule has 7 heteroatoms. The third-order valence-corrected chi connectivity index (χ3v) is 2.63. The zero-order chi connectivity index (χ0) is 12.3. The van der Waals surface area contributed by atoms with Gasteiger partial charge in [0.15, 0.2) is 0 Å². The number of likely N-dealkylation sites (N-methyl/N-ethyl adjacent to an activating group) is 1. The summed E-state index contributed by atoms with van der Waals surface area (Å²) in [4.78, 5) is 11.9. The molecule has 0 saturated carbocycles. The number of aliphatic carboxylic acids is 1. The Hall–Kier alpha value is -0.820. The van der Waals surface area contributed by atoms with Crippen LogP contribution in [-0.4, -0.2) is 54.5 Å². The van der Waals surface area contributed by atoms with Gasteiger partial charge < -0.3 is 9.84 Å². The quantitative estimate of drug-likeness (QED) is 0.796. The lowest BCUT2D eigenvalue weighted by Gasteiger charge is -2.29. The summed E-state index contributed by atoms with van der Waals surface area (Å²) in [7, 11) is 0. The molecule has 0 amide bonds. The summed E-state index contributed by atoms with van der Waals surface area (Å²) < 4.78 is 41.7. The van der Waals surface area contributed by atoms with Gasteiger partial charge in [-0.3, -0.25) is 9.69 Å². The molecule has 4 nitrogen and oxygen atoms in total. The molecule has 0 aromatic heterocycles. The molecule has 0 aromatic rings. The minimum Gasteiger partial charge on any atom is -0.481 e. The first kappa shape index (κ1) is 13.2. The van der Waals surface area contributed by atoms with Crippen molar-refractivity contribution in [3.8, 4) is 0 Å². The van der Waals surface area contributed by atoms with Gasteiger partial charge in [-0.2, -0.15) is 13.2 Å². The van der Waals surface area contributed by atoms with E-state index in [0.717, 1.165) is 4.90 Å². The maximum Gasteiger partial charge on any atom is 0.401 e. The van der Waals surface area contributed by atoms with Crippen LogP contribution in [0, 0.1) is 5.92 Å². The van der Waals surface area contributed by atoms with Crippen LogP contribution >= 0.6 is 0 Å². The van der Waals surface area contributed by atoms with Gasteiger partial charge in [-0.25, -0.2) is 0 Å². The lowest BCUT2D eigenvalue weighted by Crippen LogP contribution is -2.47. The highest BCUT2D eigenvalue weighted by Crippen LogP contribution is 2.24. The van der Waals surface area contributed by atoms with E-state index in [-0.39, 0.29) is 19.8 Å². The molecule has 1 fully saturated rings. The number of carbonyl (C=O) groups is 1. The summed E-state index contributed by atoms with van der Waals surface area (Å²) in [5.74, 6) is -1.98. The van der Waals surface area contributed by atoms with E-state index < -0.39 is 30.7 Å². The Kier molecular flexibility index (Phi) is 4.15. The Morgan fingerprint density at radius 3 is 2.56 bits per heavy atom. The molecular weight excluding hydrogens is 227 g/mol. The first-order chi connectivity index (χ1) is 7.35. The third-order valence-electron chi connectivity index (χ3n) is 2.63. The number of carboxylic acids is 1. The number of carboxylic acid groups (broad SMARTS) is 1. The predicted octanol–water partition coefficient (Wildman–Crippen LogP) is 0.970. The average Bonchev–Trinajstić information content (AvgIpc) is 2.60. The summed E-state index contributed by atoms with van der Waals surface area (Å²) in [6.07, 6.45) is -4.32. The minimum atomic E-state index is -4.32. The van der Waals surface area contributed by atoms with Crippen LogP contribution in [-0.2, 0) is 9.53 Å². The van der Waals surface area contributed by atoms with E-state index in [1.807, 2.05) is 0 Å². The molecule has 2 unspecified atom stereocenters. The molecule has 16 heavy (non-hydrogen) atoms. The van der Waals surface area contributed by atoms with Crippen LogP contribution < -0.4 is 0 Å². The first-order valence-electron chi connectivity index (χ1n) is 4.96. The maximum atomic E-state index is 12.2. The first-order valence-corrected chi connectivity index (χ1v) is 4.96. The van der Waals surface area contributed by atoms with Crippen LogP contribution in [0.1, 0.15) is 6.92 Å². The lowest BCUT2D eigenvalue weighted by molar-refractivity contribution is -0.157. The van der Waals surface area contributed by atoms with Crippen molar-refractivity contribution < 1.29 is 27.8 Å². The second-order valence-corrected chi connectivity index (χ2v) is 3.73. The van der Waals surface area contributed by atoms with Crippen molar-refractivity contribution in [1.82, 2.24) is 4.90 Å². The number of halogens is 3. The molecule has 1 aliphatic heterocycles. The van der Waals surface area contributed by atoms with Crippen molar-refractivity contribution in [2.75, 3.05) is 26.3 Å². The normalized spacial score (nSPS) is 26.3. The molecule has 94 valence electrons. The van der Waals surface area contributed by atoms with Crippen LogP contribution in [0.4, 0.5) is 13.2 Å². The third kappa shape index (κ3) is 3.34. The molecule has 0 radical (unpaired) electrons. The van der Waals surface area contributed by atoms with Gasteiger partial charge in [-0.1, -0.05) is 6.92 Å². The number of ether oxygens (including phenoxy) is 1. The van der Waals surface area contributed by atoms with Gasteiger partial charge in [-0.05, 0) is 6.54 Å². The smallest absolute Gasteiger partial charge is 0.401 e. The molecular formula is C9H14F3NO3. The van der Waals surface area contributed by atoms with Gasteiger partial charge in [0, 0.05) is 6.04 Å². The van der Waals surface area contributed by atoms with Crippen molar-refractivity contribution in [3.05, 3.63) is 0 Å². The highest BCUT2D eigenvalue weighted by atomic mass is 19.4. The van der Waals surface area contributed by atoms with Crippen molar-refractivity contribution in [2.24, 2.45) is 5.92 Å². The van der Waals surface area contributed by atoms with Gasteiger partial charge in [0.05, 0.1) is 25.7 Å². The lowest BCUT2D eigenvalue weighted by atomic mass is 10.0. The maximum absolute atomic E-state index is 12.2. The second kappa shape index (κ2) is 5.01. The standard InChI is InChI=1S/C9H14F3NO3/c1-2-13(5-9(10,11)12)7-4-16-3-6(7)8(14)15/h6-7H,2-5H2,1H3,(H,14,15). The van der Waals surface area contributed by atoms with Crippen molar-refractivity contribution >= 4 is 5.97 Å². The highest BCUT2D eigenvalue weighted by Gasteiger charge is 2.41. The highest BCUT2D eigenvalue weighted by molar-refractivity contribution is 5.71. The van der Waals surface area contributed by atoms with Crippen molar-refractivity contribution in [1.29, 1.82) is 0 Å². The fraction of sp³-hybridized carbons (Fsp3) is 0.889. The number of hydrogen-bond donors (Lipinski definition) is 1. The van der Waals surface area contributed by atoms with Crippen molar-refractivity contribution in [2.45, 2.75) is 19.1 Å². The Morgan fingerprint density at radius 2 is 2.12 bits per heavy atom. The summed E-state index contributed by atoms with van der Waals surface area (Å²) in [5, 5.41) is 8.84. The largest absolute Gasteiger partial charge is 0.481 e. The van der Waals surface area contributed by atoms with Gasteiger partial charge >= 0.3 is 12.1 Å². The topological polar surface area (TPSA) is 49.8 Å². The van der Waals surface area contributed by atoms with E-state index in [4.69, 9.17) is 9.84 Å². The van der Waals surface area contributed by atoms with Crippen LogP contribution in [0.3, 0.4) is 0 Å². The molecule has 1 rings (SSSR count). The van der Waals surface area contributed by atoms with Crippen LogP contribution in [0.25, 0.3) is 0 Å². The Labute approximate surface area is 91.0 Å². The van der Waals surface area contributed by atoms with E-state index in [9.17, 15) is 18.0 Å². The zero-order valence-electron chi connectivity index (χ0n) is 8.83. The predicted molar refractivity (Wildman–Crippen MR) is 49.0 cm³/mol. The molecule has 0 bridgehead atoms. The molecule has 1 N–H and O–H groups in total. The summed E-state index contributed by atoms with van der Waals surface area (Å²) in [6, 6.07) is -0.691. The van der Waals surface area contributed by atoms with Gasteiger partial charge in [0.1, 0.15) is 0 Å². The van der Waals surface area contributed by atoms with Gasteiger partial charge in [0.2, 0.25) is 0 Å². The van der Waals surface area contributed by atoms with E-state index in [0.29, 0.717) is 0 Å². The van der Waals surface area contributed by atoms with Gasteiger partial charge in [-0.15, -0.1) is 0 Å². The van der Waals surface area contributed by atoms with Crippen molar-refractivity contribution in [3.63, 3.8) is 0 Å². The van der Waals surface area contributed by atoms with E-state index in [1.165, 1.54) is 0 Å². The SMILES string of the molecule is CCN(CC(F)(F)F)C1COCC1C(=O)O. The molecule has 1 saturated heterocycles. The fourth-order valence-electron chi connectivity index (χ4n) is 1.83. The molecule has 1 heterocycles. The fourth-order valence-corrected chi connectivity index (χ4v) is 1.83. The summed E-state index contributed by atoms with van der Waals surface area (Å²) in [6.45, 7) is 0.650. The summed E-state index contributed by atoms with van der Waals surface area (Å²) in [5.41, 5.74) is 0. The van der Waals surface area contributed by atoms with Crippen LogP contribution in [0.2, 0.25) is 0 Å². The minimum absolute atomic E-state index is 0.0195. The van der Waals surface area contributed by atoms with Gasteiger partial charge in [0.25, 0.3) is 0 Å². The van der Waals surface area contributed by atoms with E-state index >= 15 is 0 Å². The van der Waals surface area contributed by atoms with E-state index in [2.05, 4.69) is 0 Å². The average molecular weight is 241 g/mol. The molecule has 1 aliphatic rings. The zero-order valence-corrected chi connectivity index (χ0v) is 8.83. The number of rotatable bonds is 4. The molecule has 0 spiro atoms. The Morgan fingerprint density at radius 1 is 1.50 bits per heavy atom. The monoisotopic (exact) mass is 241 g/mol. The molecule has 0 aromatic carbocycles. The Balaban J connectivity index is 2.68. The number of alkyl halides is 3. The molecule has 2 atom stereocenters. The van der Waals surface area contributed by atoms with Crippen LogP contribution in [0.5, 0.6) is 0 Å².